The lowest BCUT2D eigenvalue weighted by atomic mass is 9.87. The Labute approximate surface area is 129 Å². The molecule has 0 fully saturated rings. The van der Waals surface area contributed by atoms with Crippen molar-refractivity contribution in [3.63, 3.8) is 0 Å². The molecular weight excluding hydrogens is 302 g/mol. The third-order valence-corrected chi connectivity index (χ3v) is 2.78. The number of hydrogen-bond donors (Lipinski definition) is 2. The van der Waals surface area contributed by atoms with Gasteiger partial charge in [0.2, 0.25) is 5.91 Å². The first kappa shape index (κ1) is 19.6. The van der Waals surface area contributed by atoms with E-state index in [2.05, 4.69) is 5.32 Å². The summed E-state index contributed by atoms with van der Waals surface area (Å²) < 4.78 is 30.8. The van der Waals surface area contributed by atoms with Crippen LogP contribution in [0.3, 0.4) is 0 Å². The van der Waals surface area contributed by atoms with Crippen LogP contribution in [0.4, 0.5) is 8.78 Å². The zero-order chi connectivity index (χ0) is 15.3. The summed E-state index contributed by atoms with van der Waals surface area (Å²) in [5, 5.41) is 2.63. The van der Waals surface area contributed by atoms with Crippen LogP contribution < -0.4 is 15.8 Å². The highest BCUT2D eigenvalue weighted by Gasteiger charge is 2.26. The van der Waals surface area contributed by atoms with Crippen molar-refractivity contribution in [1.82, 2.24) is 5.32 Å². The van der Waals surface area contributed by atoms with Gasteiger partial charge in [-0.2, -0.15) is 0 Å². The van der Waals surface area contributed by atoms with Gasteiger partial charge in [-0.1, -0.05) is 20.8 Å². The topological polar surface area (TPSA) is 64.4 Å². The maximum atomic E-state index is 12.9. The molecule has 1 aromatic rings. The van der Waals surface area contributed by atoms with Crippen molar-refractivity contribution in [3.05, 3.63) is 29.8 Å². The van der Waals surface area contributed by atoms with Crippen LogP contribution in [0, 0.1) is 17.0 Å². The lowest BCUT2D eigenvalue weighted by molar-refractivity contribution is -0.124. The van der Waals surface area contributed by atoms with Gasteiger partial charge >= 0.3 is 0 Å². The van der Waals surface area contributed by atoms with Crippen molar-refractivity contribution in [2.24, 2.45) is 11.1 Å². The van der Waals surface area contributed by atoms with E-state index in [-0.39, 0.29) is 42.6 Å². The average molecular weight is 323 g/mol. The first-order valence-corrected chi connectivity index (χ1v) is 6.33. The van der Waals surface area contributed by atoms with E-state index in [1.54, 1.807) is 0 Å². The van der Waals surface area contributed by atoms with E-state index >= 15 is 0 Å². The third kappa shape index (κ3) is 6.27. The van der Waals surface area contributed by atoms with Crippen molar-refractivity contribution in [2.75, 3.05) is 13.2 Å². The molecule has 0 aromatic heterocycles. The van der Waals surface area contributed by atoms with Crippen molar-refractivity contribution >= 4 is 18.3 Å². The van der Waals surface area contributed by atoms with E-state index in [1.165, 1.54) is 6.07 Å². The van der Waals surface area contributed by atoms with E-state index in [0.717, 1.165) is 12.1 Å². The fourth-order valence-electron chi connectivity index (χ4n) is 1.41. The minimum Gasteiger partial charge on any atom is -0.492 e. The highest BCUT2D eigenvalue weighted by Crippen LogP contribution is 2.17. The SMILES string of the molecule is CC(C)(C)[C@H](N)C(=O)NCCOc1ccc(F)c(F)c1.Cl. The second-order valence-electron chi connectivity index (χ2n) is 5.56. The predicted molar refractivity (Wildman–Crippen MR) is 79.5 cm³/mol. The van der Waals surface area contributed by atoms with Crippen LogP contribution in [0.5, 0.6) is 5.75 Å². The Morgan fingerprint density at radius 2 is 1.95 bits per heavy atom. The molecule has 3 N–H and O–H groups in total. The van der Waals surface area contributed by atoms with E-state index < -0.39 is 17.7 Å². The summed E-state index contributed by atoms with van der Waals surface area (Å²) in [6.45, 7) is 5.99. The summed E-state index contributed by atoms with van der Waals surface area (Å²) >= 11 is 0. The number of nitrogens with one attached hydrogen (secondary N) is 1. The summed E-state index contributed by atoms with van der Waals surface area (Å²) in [6.07, 6.45) is 0. The van der Waals surface area contributed by atoms with Gasteiger partial charge in [-0.25, -0.2) is 8.78 Å². The van der Waals surface area contributed by atoms with Gasteiger partial charge in [0, 0.05) is 6.07 Å². The molecule has 0 bridgehead atoms. The van der Waals surface area contributed by atoms with Crippen LogP contribution in [0.25, 0.3) is 0 Å². The first-order chi connectivity index (χ1) is 9.21. The number of hydrogen-bond acceptors (Lipinski definition) is 3. The zero-order valence-corrected chi connectivity index (χ0v) is 13.1. The predicted octanol–water partition coefficient (Wildman–Crippen LogP) is 2.26. The quantitative estimate of drug-likeness (QED) is 0.817. The van der Waals surface area contributed by atoms with Crippen molar-refractivity contribution in [1.29, 1.82) is 0 Å². The normalized spacial score (nSPS) is 12.3. The number of carbonyl (C=O) groups excluding carboxylic acids is 1. The van der Waals surface area contributed by atoms with Gasteiger partial charge in [0.1, 0.15) is 12.4 Å². The molecule has 1 amide bonds. The van der Waals surface area contributed by atoms with Gasteiger partial charge in [-0.05, 0) is 17.5 Å². The minimum atomic E-state index is -0.971. The van der Waals surface area contributed by atoms with Crippen LogP contribution in [0.15, 0.2) is 18.2 Å². The highest BCUT2D eigenvalue weighted by atomic mass is 35.5. The van der Waals surface area contributed by atoms with E-state index in [0.29, 0.717) is 0 Å². The monoisotopic (exact) mass is 322 g/mol. The van der Waals surface area contributed by atoms with Crippen LogP contribution >= 0.6 is 12.4 Å². The molecule has 7 heteroatoms. The lowest BCUT2D eigenvalue weighted by Crippen LogP contribution is -2.49. The van der Waals surface area contributed by atoms with Crippen LogP contribution in [-0.4, -0.2) is 25.1 Å². The number of halogens is 3. The smallest absolute Gasteiger partial charge is 0.237 e. The number of nitrogens with two attached hydrogens (primary N) is 1. The molecule has 1 rings (SSSR count). The molecule has 0 aliphatic carbocycles. The van der Waals surface area contributed by atoms with Crippen molar-refractivity contribution < 1.29 is 18.3 Å². The highest BCUT2D eigenvalue weighted by molar-refractivity contribution is 5.85. The Morgan fingerprint density at radius 3 is 2.48 bits per heavy atom. The second kappa shape index (κ2) is 8.14. The Morgan fingerprint density at radius 1 is 1.33 bits per heavy atom. The lowest BCUT2D eigenvalue weighted by Gasteiger charge is -2.25. The van der Waals surface area contributed by atoms with Crippen LogP contribution in [0.1, 0.15) is 20.8 Å². The maximum absolute atomic E-state index is 12.9. The molecule has 0 saturated heterocycles. The van der Waals surface area contributed by atoms with Gasteiger partial charge in [-0.3, -0.25) is 4.79 Å². The Balaban J connectivity index is 0.00000400. The number of ether oxygens (including phenoxy) is 1. The van der Waals surface area contributed by atoms with Crippen molar-refractivity contribution in [3.8, 4) is 5.75 Å². The fraction of sp³-hybridized carbons (Fsp3) is 0.500. The van der Waals surface area contributed by atoms with Crippen LogP contribution in [-0.2, 0) is 4.79 Å². The molecule has 1 atom stereocenters. The van der Waals surface area contributed by atoms with E-state index in [4.69, 9.17) is 10.5 Å². The third-order valence-electron chi connectivity index (χ3n) is 2.78. The standard InChI is InChI=1S/C14H20F2N2O2.ClH/c1-14(2,3)12(17)13(19)18-6-7-20-9-4-5-10(15)11(16)8-9;/h4-5,8,12H,6-7,17H2,1-3H3,(H,18,19);1H/t12-;/m1./s1. The molecule has 0 radical (unpaired) electrons. The van der Waals surface area contributed by atoms with E-state index in [1.807, 2.05) is 20.8 Å². The second-order valence-corrected chi connectivity index (χ2v) is 5.56. The molecule has 0 aliphatic heterocycles. The molecule has 4 nitrogen and oxygen atoms in total. The van der Waals surface area contributed by atoms with Gasteiger partial charge in [-0.15, -0.1) is 12.4 Å². The molecule has 21 heavy (non-hydrogen) atoms. The number of amides is 1. The zero-order valence-electron chi connectivity index (χ0n) is 12.3. The molecule has 0 spiro atoms. The molecule has 0 heterocycles. The van der Waals surface area contributed by atoms with Crippen LogP contribution in [0.2, 0.25) is 0 Å². The van der Waals surface area contributed by atoms with Gasteiger partial charge in [0.25, 0.3) is 0 Å². The summed E-state index contributed by atoms with van der Waals surface area (Å²) in [5.41, 5.74) is 5.45. The summed E-state index contributed by atoms with van der Waals surface area (Å²) in [4.78, 5) is 11.7. The summed E-state index contributed by atoms with van der Waals surface area (Å²) in [6, 6.07) is 2.64. The molecular formula is C14H21ClF2N2O2. The molecule has 0 saturated carbocycles. The Kier molecular flexibility index (Phi) is 7.60. The summed E-state index contributed by atoms with van der Waals surface area (Å²) in [7, 11) is 0. The number of benzene rings is 1. The fourth-order valence-corrected chi connectivity index (χ4v) is 1.41. The van der Waals surface area contributed by atoms with E-state index in [9.17, 15) is 13.6 Å². The molecule has 0 aliphatic rings. The minimum absolute atomic E-state index is 0. The van der Waals surface area contributed by atoms with Crippen molar-refractivity contribution in [2.45, 2.75) is 26.8 Å². The number of carbonyl (C=O) groups is 1. The Hall–Kier alpha value is -1.40. The number of rotatable bonds is 5. The Bertz CT molecular complexity index is 479. The average Bonchev–Trinajstić information content (AvgIpc) is 2.36. The summed E-state index contributed by atoms with van der Waals surface area (Å²) in [5.74, 6) is -1.97. The molecule has 120 valence electrons. The van der Waals surface area contributed by atoms with Gasteiger partial charge in [0.05, 0.1) is 12.6 Å². The molecule has 0 unspecified atom stereocenters. The van der Waals surface area contributed by atoms with Gasteiger partial charge < -0.3 is 15.8 Å². The molecule has 1 aromatic carbocycles. The maximum Gasteiger partial charge on any atom is 0.237 e. The van der Waals surface area contributed by atoms with Gasteiger partial charge in [0.15, 0.2) is 11.6 Å². The largest absolute Gasteiger partial charge is 0.492 e. The first-order valence-electron chi connectivity index (χ1n) is 6.33.